The van der Waals surface area contributed by atoms with E-state index < -0.39 is 11.8 Å². The molecule has 0 heterocycles. The lowest BCUT2D eigenvalue weighted by atomic mass is 10.1. The van der Waals surface area contributed by atoms with Crippen LogP contribution in [0.25, 0.3) is 0 Å². The van der Waals surface area contributed by atoms with E-state index >= 15 is 0 Å². The molecule has 0 aliphatic heterocycles. The van der Waals surface area contributed by atoms with Gasteiger partial charge in [0.05, 0.1) is 6.21 Å². The van der Waals surface area contributed by atoms with Crippen molar-refractivity contribution < 1.29 is 19.1 Å². The minimum Gasteiger partial charge on any atom is -0.483 e. The van der Waals surface area contributed by atoms with Gasteiger partial charge in [-0.15, -0.1) is 0 Å². The molecular weight excluding hydrogens is 456 g/mol. The van der Waals surface area contributed by atoms with Crippen molar-refractivity contribution in [2.45, 2.75) is 13.3 Å². The summed E-state index contributed by atoms with van der Waals surface area (Å²) in [5.74, 6) is -1.78. The maximum Gasteiger partial charge on any atom is 0.329 e. The molecule has 0 saturated heterocycles. The summed E-state index contributed by atoms with van der Waals surface area (Å²) < 4.78 is 5.60. The van der Waals surface area contributed by atoms with Crippen LogP contribution in [0.2, 0.25) is 5.02 Å². The van der Waals surface area contributed by atoms with Crippen molar-refractivity contribution in [1.29, 1.82) is 0 Å². The lowest BCUT2D eigenvalue weighted by Crippen LogP contribution is -2.32. The van der Waals surface area contributed by atoms with Crippen molar-refractivity contribution in [1.82, 2.24) is 5.43 Å². The van der Waals surface area contributed by atoms with E-state index in [1.165, 1.54) is 17.8 Å². The number of carbonyl (C=O) groups is 3. The van der Waals surface area contributed by atoms with E-state index in [4.69, 9.17) is 16.3 Å². The molecule has 8 nitrogen and oxygen atoms in total. The molecule has 0 fully saturated rings. The van der Waals surface area contributed by atoms with Crippen molar-refractivity contribution in [2.24, 2.45) is 5.10 Å². The van der Waals surface area contributed by atoms with Crippen molar-refractivity contribution in [2.75, 3.05) is 17.2 Å². The van der Waals surface area contributed by atoms with Gasteiger partial charge in [0.25, 0.3) is 5.91 Å². The van der Waals surface area contributed by atoms with Crippen LogP contribution in [-0.2, 0) is 20.8 Å². The van der Waals surface area contributed by atoms with Gasteiger partial charge in [-0.25, -0.2) is 5.43 Å². The Balaban J connectivity index is 1.52. The van der Waals surface area contributed by atoms with Crippen molar-refractivity contribution in [3.63, 3.8) is 0 Å². The van der Waals surface area contributed by atoms with Crippen LogP contribution in [0.3, 0.4) is 0 Å². The predicted octanol–water partition coefficient (Wildman–Crippen LogP) is 4.01. The number of nitrogens with zero attached hydrogens (tertiary/aromatic N) is 1. The second-order valence-electron chi connectivity index (χ2n) is 7.09. The van der Waals surface area contributed by atoms with Gasteiger partial charge in [0.15, 0.2) is 6.61 Å². The molecule has 0 aromatic heterocycles. The third-order valence-corrected chi connectivity index (χ3v) is 4.82. The van der Waals surface area contributed by atoms with Crippen molar-refractivity contribution in [3.05, 3.63) is 88.9 Å². The first kappa shape index (κ1) is 24.5. The SMILES string of the molecule is CCc1ccc(NC(=O)COc2ccccc2/C=N\NC(=O)C(=O)Nc2cccc(Cl)c2)cc1. The van der Waals surface area contributed by atoms with Crippen LogP contribution in [0.1, 0.15) is 18.1 Å². The summed E-state index contributed by atoms with van der Waals surface area (Å²) in [6, 6.07) is 20.8. The minimum absolute atomic E-state index is 0.214. The standard InChI is InChI=1S/C25H23ClN4O4/c1-2-17-10-12-20(13-11-17)28-23(31)16-34-22-9-4-3-6-18(22)15-27-30-25(33)24(32)29-21-8-5-7-19(26)14-21/h3-15H,2,16H2,1H3,(H,28,31)(H,29,32)(H,30,33)/b27-15-. The van der Waals surface area contributed by atoms with E-state index in [-0.39, 0.29) is 12.5 Å². The fraction of sp³-hybridized carbons (Fsp3) is 0.120. The maximum absolute atomic E-state index is 12.2. The van der Waals surface area contributed by atoms with E-state index in [0.29, 0.717) is 27.7 Å². The van der Waals surface area contributed by atoms with Gasteiger partial charge >= 0.3 is 11.8 Å². The number of rotatable bonds is 8. The van der Waals surface area contributed by atoms with E-state index in [1.807, 2.05) is 24.3 Å². The highest BCUT2D eigenvalue weighted by molar-refractivity contribution is 6.39. The average Bonchev–Trinajstić information content (AvgIpc) is 2.84. The Hall–Kier alpha value is -4.17. The Morgan fingerprint density at radius 2 is 1.68 bits per heavy atom. The van der Waals surface area contributed by atoms with Crippen molar-refractivity contribution in [3.8, 4) is 5.75 Å². The number of hydrogen-bond acceptors (Lipinski definition) is 5. The predicted molar refractivity (Wildman–Crippen MR) is 132 cm³/mol. The van der Waals surface area contributed by atoms with Gasteiger partial charge in [0, 0.05) is 22.0 Å². The molecule has 3 aromatic rings. The molecule has 0 spiro atoms. The molecule has 0 aliphatic carbocycles. The van der Waals surface area contributed by atoms with Gasteiger partial charge < -0.3 is 15.4 Å². The molecule has 0 saturated carbocycles. The number of aryl methyl sites for hydroxylation is 1. The smallest absolute Gasteiger partial charge is 0.329 e. The molecule has 9 heteroatoms. The van der Waals surface area contributed by atoms with Gasteiger partial charge in [-0.1, -0.05) is 48.9 Å². The summed E-state index contributed by atoms with van der Waals surface area (Å²) in [7, 11) is 0. The number of anilines is 2. The average molecular weight is 479 g/mol. The van der Waals surface area contributed by atoms with Gasteiger partial charge in [0.1, 0.15) is 5.75 Å². The van der Waals surface area contributed by atoms with Crippen LogP contribution in [0.15, 0.2) is 77.9 Å². The summed E-state index contributed by atoms with van der Waals surface area (Å²) >= 11 is 5.86. The van der Waals surface area contributed by atoms with Crippen LogP contribution in [0, 0.1) is 0 Å². The van der Waals surface area contributed by atoms with Crippen LogP contribution in [-0.4, -0.2) is 30.5 Å². The van der Waals surface area contributed by atoms with Crippen LogP contribution in [0.4, 0.5) is 11.4 Å². The Bertz CT molecular complexity index is 1200. The quantitative estimate of drug-likeness (QED) is 0.258. The molecule has 174 valence electrons. The number of ether oxygens (including phenoxy) is 1. The fourth-order valence-electron chi connectivity index (χ4n) is 2.85. The Kier molecular flexibility index (Phi) is 8.76. The van der Waals surface area contributed by atoms with Gasteiger partial charge in [-0.2, -0.15) is 5.10 Å². The van der Waals surface area contributed by atoms with Gasteiger partial charge in [-0.05, 0) is 54.4 Å². The van der Waals surface area contributed by atoms with Gasteiger partial charge in [0.2, 0.25) is 0 Å². The maximum atomic E-state index is 12.2. The number of nitrogens with one attached hydrogen (secondary N) is 3. The number of para-hydroxylation sites is 1. The molecule has 3 rings (SSSR count). The first-order chi connectivity index (χ1) is 16.4. The minimum atomic E-state index is -0.955. The zero-order valence-corrected chi connectivity index (χ0v) is 19.1. The molecule has 0 aliphatic rings. The highest BCUT2D eigenvalue weighted by Gasteiger charge is 2.13. The van der Waals surface area contributed by atoms with E-state index in [9.17, 15) is 14.4 Å². The highest BCUT2D eigenvalue weighted by atomic mass is 35.5. The molecule has 0 unspecified atom stereocenters. The molecule has 3 amide bonds. The Morgan fingerprint density at radius 1 is 0.912 bits per heavy atom. The summed E-state index contributed by atoms with van der Waals surface area (Å²) in [6.45, 7) is 1.85. The summed E-state index contributed by atoms with van der Waals surface area (Å²) in [6.07, 6.45) is 2.24. The zero-order valence-electron chi connectivity index (χ0n) is 18.4. The zero-order chi connectivity index (χ0) is 24.3. The van der Waals surface area contributed by atoms with E-state index in [0.717, 1.165) is 6.42 Å². The lowest BCUT2D eigenvalue weighted by Gasteiger charge is -2.10. The normalized spacial score (nSPS) is 10.5. The molecule has 0 atom stereocenters. The summed E-state index contributed by atoms with van der Waals surface area (Å²) in [5, 5.41) is 9.42. The molecular formula is C25H23ClN4O4. The van der Waals surface area contributed by atoms with Gasteiger partial charge in [-0.3, -0.25) is 14.4 Å². The number of halogens is 1. The first-order valence-electron chi connectivity index (χ1n) is 10.4. The van der Waals surface area contributed by atoms with Crippen LogP contribution < -0.4 is 20.8 Å². The summed E-state index contributed by atoms with van der Waals surface area (Å²) in [4.78, 5) is 36.2. The number of carbonyl (C=O) groups excluding carboxylic acids is 3. The summed E-state index contributed by atoms with van der Waals surface area (Å²) in [5.41, 5.74) is 4.90. The number of hydrogen-bond donors (Lipinski definition) is 3. The molecule has 3 N–H and O–H groups in total. The lowest BCUT2D eigenvalue weighted by molar-refractivity contribution is -0.136. The first-order valence-corrected chi connectivity index (χ1v) is 10.8. The Morgan fingerprint density at radius 3 is 2.41 bits per heavy atom. The second kappa shape index (κ2) is 12.2. The number of amides is 3. The highest BCUT2D eigenvalue weighted by Crippen LogP contribution is 2.17. The van der Waals surface area contributed by atoms with Crippen molar-refractivity contribution >= 4 is 46.9 Å². The number of hydrazone groups is 1. The third-order valence-electron chi connectivity index (χ3n) is 4.58. The van der Waals surface area contributed by atoms with E-state index in [2.05, 4.69) is 28.1 Å². The van der Waals surface area contributed by atoms with E-state index in [1.54, 1.807) is 42.5 Å². The molecule has 0 radical (unpaired) electrons. The van der Waals surface area contributed by atoms with Crippen LogP contribution >= 0.6 is 11.6 Å². The fourth-order valence-corrected chi connectivity index (χ4v) is 3.04. The largest absolute Gasteiger partial charge is 0.483 e. The molecule has 0 bridgehead atoms. The Labute approximate surface area is 202 Å². The second-order valence-corrected chi connectivity index (χ2v) is 7.53. The molecule has 3 aromatic carbocycles. The number of benzene rings is 3. The molecule has 34 heavy (non-hydrogen) atoms. The third kappa shape index (κ3) is 7.46. The monoisotopic (exact) mass is 478 g/mol. The topological polar surface area (TPSA) is 109 Å². The van der Waals surface area contributed by atoms with Crippen LogP contribution in [0.5, 0.6) is 5.75 Å².